The number of hydrogen-bond donors (Lipinski definition) is 2. The van der Waals surface area contributed by atoms with Gasteiger partial charge in [0.25, 0.3) is 0 Å². The smallest absolute Gasteiger partial charge is 0.125 e. The van der Waals surface area contributed by atoms with Crippen LogP contribution < -0.4 is 10.6 Å². The molecule has 0 fully saturated rings. The molecule has 0 radical (unpaired) electrons. The van der Waals surface area contributed by atoms with Crippen LogP contribution in [0, 0.1) is 17.0 Å². The molecular formula is C15H13F2N3. The molecule has 0 aliphatic carbocycles. The third-order valence-corrected chi connectivity index (χ3v) is 3.48. The van der Waals surface area contributed by atoms with Crippen molar-refractivity contribution in [2.45, 2.75) is 6.42 Å². The van der Waals surface area contributed by atoms with Crippen LogP contribution in [0.15, 0.2) is 36.4 Å². The summed E-state index contributed by atoms with van der Waals surface area (Å²) < 4.78 is 26.7. The summed E-state index contributed by atoms with van der Waals surface area (Å²) in [7, 11) is 0. The minimum absolute atomic E-state index is 0.204. The van der Waals surface area contributed by atoms with Crippen LogP contribution >= 0.6 is 0 Å². The van der Waals surface area contributed by atoms with Crippen molar-refractivity contribution in [3.8, 4) is 0 Å². The Morgan fingerprint density at radius 1 is 1.05 bits per heavy atom. The van der Waals surface area contributed by atoms with E-state index in [2.05, 4.69) is 0 Å². The summed E-state index contributed by atoms with van der Waals surface area (Å²) >= 11 is 0. The number of anilines is 2. The van der Waals surface area contributed by atoms with E-state index in [1.807, 2.05) is 4.90 Å². The van der Waals surface area contributed by atoms with Gasteiger partial charge in [0, 0.05) is 17.8 Å². The van der Waals surface area contributed by atoms with Gasteiger partial charge in [-0.25, -0.2) is 8.78 Å². The average molecular weight is 273 g/mol. The Morgan fingerprint density at radius 2 is 1.75 bits per heavy atom. The topological polar surface area (TPSA) is 53.1 Å². The minimum Gasteiger partial charge on any atom is -0.384 e. The fourth-order valence-corrected chi connectivity index (χ4v) is 2.56. The van der Waals surface area contributed by atoms with Gasteiger partial charge in [-0.3, -0.25) is 5.41 Å². The molecule has 3 nitrogen and oxygen atoms in total. The highest BCUT2D eigenvalue weighted by molar-refractivity contribution is 6.01. The Morgan fingerprint density at radius 3 is 2.50 bits per heavy atom. The number of hydrogen-bond acceptors (Lipinski definition) is 2. The molecule has 0 atom stereocenters. The molecule has 5 heteroatoms. The van der Waals surface area contributed by atoms with E-state index >= 15 is 0 Å². The van der Waals surface area contributed by atoms with Gasteiger partial charge in [0.2, 0.25) is 0 Å². The lowest BCUT2D eigenvalue weighted by atomic mass is 10.1. The third kappa shape index (κ3) is 2.01. The maximum atomic E-state index is 13.4. The number of halogens is 2. The van der Waals surface area contributed by atoms with E-state index in [9.17, 15) is 8.78 Å². The van der Waals surface area contributed by atoms with E-state index in [0.29, 0.717) is 17.8 Å². The molecule has 0 unspecified atom stereocenters. The largest absolute Gasteiger partial charge is 0.384 e. The number of rotatable bonds is 2. The molecular weight excluding hydrogens is 260 g/mol. The average Bonchev–Trinajstić information content (AvgIpc) is 2.81. The van der Waals surface area contributed by atoms with Gasteiger partial charge in [-0.2, -0.15) is 0 Å². The summed E-state index contributed by atoms with van der Waals surface area (Å²) in [5.74, 6) is -0.968. The highest BCUT2D eigenvalue weighted by atomic mass is 19.1. The van der Waals surface area contributed by atoms with Gasteiger partial charge in [-0.05, 0) is 42.3 Å². The van der Waals surface area contributed by atoms with Crippen LogP contribution in [0.3, 0.4) is 0 Å². The van der Waals surface area contributed by atoms with Crippen LogP contribution in [0.5, 0.6) is 0 Å². The van der Waals surface area contributed by atoms with Gasteiger partial charge in [0.05, 0.1) is 5.69 Å². The van der Waals surface area contributed by atoms with Crippen LogP contribution in [-0.2, 0) is 6.42 Å². The van der Waals surface area contributed by atoms with Crippen LogP contribution in [-0.4, -0.2) is 12.4 Å². The zero-order chi connectivity index (χ0) is 14.3. The van der Waals surface area contributed by atoms with E-state index in [4.69, 9.17) is 11.1 Å². The quantitative estimate of drug-likeness (QED) is 0.653. The zero-order valence-corrected chi connectivity index (χ0v) is 10.7. The molecule has 0 aromatic heterocycles. The summed E-state index contributed by atoms with van der Waals surface area (Å²) in [5, 5.41) is 7.57. The third-order valence-electron chi connectivity index (χ3n) is 3.48. The fourth-order valence-electron chi connectivity index (χ4n) is 2.56. The Hall–Kier alpha value is -2.43. The van der Waals surface area contributed by atoms with Crippen LogP contribution in [0.4, 0.5) is 20.2 Å². The van der Waals surface area contributed by atoms with Crippen molar-refractivity contribution in [2.75, 3.05) is 11.4 Å². The van der Waals surface area contributed by atoms with Crippen molar-refractivity contribution in [3.63, 3.8) is 0 Å². The standard InChI is InChI=1S/C15H13F2N3/c16-10-3-4-13(12(7-10)15(18)19)20-6-5-9-1-2-11(17)8-14(9)20/h1-4,7-8H,5-6H2,(H3,18,19). The van der Waals surface area contributed by atoms with Crippen LogP contribution in [0.1, 0.15) is 11.1 Å². The molecule has 3 rings (SSSR count). The molecule has 0 amide bonds. The lowest BCUT2D eigenvalue weighted by molar-refractivity contribution is 0.626. The summed E-state index contributed by atoms with van der Waals surface area (Å²) in [6.07, 6.45) is 0.782. The number of nitrogens with two attached hydrogens (primary N) is 1. The number of amidine groups is 1. The van der Waals surface area contributed by atoms with Gasteiger partial charge in [-0.1, -0.05) is 6.07 Å². The van der Waals surface area contributed by atoms with Crippen molar-refractivity contribution >= 4 is 17.2 Å². The van der Waals surface area contributed by atoms with E-state index in [-0.39, 0.29) is 11.7 Å². The monoisotopic (exact) mass is 273 g/mol. The zero-order valence-electron chi connectivity index (χ0n) is 10.7. The second kappa shape index (κ2) is 4.59. The fraction of sp³-hybridized carbons (Fsp3) is 0.133. The number of nitrogens with one attached hydrogen (secondary N) is 1. The van der Waals surface area contributed by atoms with E-state index in [1.54, 1.807) is 12.1 Å². The molecule has 2 aromatic carbocycles. The molecule has 20 heavy (non-hydrogen) atoms. The van der Waals surface area contributed by atoms with E-state index in [1.165, 1.54) is 24.3 Å². The summed E-state index contributed by atoms with van der Waals surface area (Å²) in [4.78, 5) is 1.87. The lowest BCUT2D eigenvalue weighted by Crippen LogP contribution is -2.20. The predicted octanol–water partition coefficient (Wildman–Crippen LogP) is 2.94. The number of nitrogen functional groups attached to an aromatic ring is 1. The molecule has 0 saturated heterocycles. The molecule has 1 aliphatic heterocycles. The Bertz CT molecular complexity index is 698. The molecule has 2 aromatic rings. The number of nitrogens with zero attached hydrogens (tertiary/aromatic N) is 1. The Balaban J connectivity index is 2.13. The summed E-state index contributed by atoms with van der Waals surface area (Å²) in [6, 6.07) is 8.76. The summed E-state index contributed by atoms with van der Waals surface area (Å²) in [5.41, 5.74) is 8.25. The van der Waals surface area contributed by atoms with Crippen molar-refractivity contribution in [1.29, 1.82) is 5.41 Å². The summed E-state index contributed by atoms with van der Waals surface area (Å²) in [6.45, 7) is 0.657. The van der Waals surface area contributed by atoms with Crippen molar-refractivity contribution in [2.24, 2.45) is 5.73 Å². The first kappa shape index (κ1) is 12.6. The molecule has 0 saturated carbocycles. The maximum absolute atomic E-state index is 13.4. The van der Waals surface area contributed by atoms with Crippen molar-refractivity contribution in [1.82, 2.24) is 0 Å². The highest BCUT2D eigenvalue weighted by Crippen LogP contribution is 2.36. The number of benzene rings is 2. The van der Waals surface area contributed by atoms with E-state index < -0.39 is 5.82 Å². The minimum atomic E-state index is -0.447. The van der Waals surface area contributed by atoms with Gasteiger partial charge in [0.1, 0.15) is 17.5 Å². The SMILES string of the molecule is N=C(N)c1cc(F)ccc1N1CCc2ccc(F)cc21. The van der Waals surface area contributed by atoms with Crippen molar-refractivity contribution in [3.05, 3.63) is 59.2 Å². The Labute approximate surface area is 115 Å². The maximum Gasteiger partial charge on any atom is 0.125 e. The Kier molecular flexibility index (Phi) is 2.89. The second-order valence-corrected chi connectivity index (χ2v) is 4.75. The van der Waals surface area contributed by atoms with Gasteiger partial charge >= 0.3 is 0 Å². The van der Waals surface area contributed by atoms with Crippen LogP contribution in [0.2, 0.25) is 0 Å². The first-order valence-corrected chi connectivity index (χ1v) is 6.26. The molecule has 0 spiro atoms. The van der Waals surface area contributed by atoms with Gasteiger partial charge in [-0.15, -0.1) is 0 Å². The number of fused-ring (bicyclic) bond motifs is 1. The molecule has 0 bridgehead atoms. The molecule has 102 valence electrons. The second-order valence-electron chi connectivity index (χ2n) is 4.75. The highest BCUT2D eigenvalue weighted by Gasteiger charge is 2.23. The van der Waals surface area contributed by atoms with Crippen molar-refractivity contribution < 1.29 is 8.78 Å². The molecule has 1 heterocycles. The van der Waals surface area contributed by atoms with Crippen LogP contribution in [0.25, 0.3) is 0 Å². The first-order chi connectivity index (χ1) is 9.56. The molecule has 3 N–H and O–H groups in total. The van der Waals surface area contributed by atoms with E-state index in [0.717, 1.165) is 17.7 Å². The van der Waals surface area contributed by atoms with Gasteiger partial charge < -0.3 is 10.6 Å². The molecule has 1 aliphatic rings. The normalized spacial score (nSPS) is 13.4. The lowest BCUT2D eigenvalue weighted by Gasteiger charge is -2.22. The van der Waals surface area contributed by atoms with Gasteiger partial charge in [0.15, 0.2) is 0 Å². The predicted molar refractivity (Wildman–Crippen MR) is 74.5 cm³/mol. The first-order valence-electron chi connectivity index (χ1n) is 6.26.